The Hall–Kier alpha value is -0.460. The average Bonchev–Trinajstić information content (AvgIpc) is 2.21. The van der Waals surface area contributed by atoms with Crippen molar-refractivity contribution in [2.45, 2.75) is 40.0 Å². The smallest absolute Gasteiger partial charge is 0.0710 e. The molecule has 1 aromatic rings. The fourth-order valence-electron chi connectivity index (χ4n) is 1.94. The molecule has 1 unspecified atom stereocenters. The van der Waals surface area contributed by atoms with Crippen molar-refractivity contribution in [3.8, 4) is 0 Å². The number of hydrogen-bond donors (Lipinski definition) is 0. The van der Waals surface area contributed by atoms with Crippen LogP contribution in [0.5, 0.6) is 0 Å². The van der Waals surface area contributed by atoms with Crippen LogP contribution in [0.25, 0.3) is 0 Å². The summed E-state index contributed by atoms with van der Waals surface area (Å²) in [5.74, 6) is 0.451. The third-order valence-corrected chi connectivity index (χ3v) is 3.55. The van der Waals surface area contributed by atoms with Crippen LogP contribution in [-0.2, 0) is 0 Å². The molecule has 16 heavy (non-hydrogen) atoms. The van der Waals surface area contributed by atoms with Gasteiger partial charge < -0.3 is 0 Å². The van der Waals surface area contributed by atoms with E-state index in [1.807, 2.05) is 6.92 Å². The van der Waals surface area contributed by atoms with Gasteiger partial charge in [-0.1, -0.05) is 53.9 Å². The quantitative estimate of drug-likeness (QED) is 0.670. The molecule has 0 aromatic heterocycles. The molecule has 2 heteroatoms. The van der Waals surface area contributed by atoms with E-state index in [9.17, 15) is 0 Å². The lowest BCUT2D eigenvalue weighted by molar-refractivity contribution is 0.745. The Morgan fingerprint density at radius 1 is 1.25 bits per heavy atom. The highest BCUT2D eigenvalue weighted by atomic mass is 35.5. The second-order valence-corrected chi connectivity index (χ2v) is 5.46. The van der Waals surface area contributed by atoms with E-state index in [4.69, 9.17) is 23.2 Å². The topological polar surface area (TPSA) is 0 Å². The van der Waals surface area contributed by atoms with Crippen molar-refractivity contribution in [1.29, 1.82) is 0 Å². The summed E-state index contributed by atoms with van der Waals surface area (Å²) in [5, 5.41) is 0. The predicted molar refractivity (Wildman–Crippen MR) is 73.4 cm³/mol. The molecule has 0 amide bonds. The standard InChI is InChI=1S/C14H18Cl2/c1-9-5-6-10(2)13(7-9)11(3)8-12(4)14(15)16/h5-7,11H,8H2,1-4H3. The molecule has 1 atom stereocenters. The summed E-state index contributed by atoms with van der Waals surface area (Å²) in [6.45, 7) is 8.46. The lowest BCUT2D eigenvalue weighted by Gasteiger charge is -2.16. The maximum absolute atomic E-state index is 5.78. The monoisotopic (exact) mass is 256 g/mol. The van der Waals surface area contributed by atoms with Crippen molar-refractivity contribution >= 4 is 23.2 Å². The van der Waals surface area contributed by atoms with Crippen LogP contribution in [0.1, 0.15) is 42.9 Å². The molecule has 0 heterocycles. The summed E-state index contributed by atoms with van der Waals surface area (Å²) in [7, 11) is 0. The number of allylic oxidation sites excluding steroid dienone is 1. The van der Waals surface area contributed by atoms with Crippen molar-refractivity contribution in [3.05, 3.63) is 45.0 Å². The van der Waals surface area contributed by atoms with Crippen LogP contribution in [0.4, 0.5) is 0 Å². The lowest BCUT2D eigenvalue weighted by Crippen LogP contribution is -1.98. The van der Waals surface area contributed by atoms with Crippen LogP contribution in [0, 0.1) is 13.8 Å². The molecule has 0 N–H and O–H groups in total. The average molecular weight is 257 g/mol. The minimum absolute atomic E-state index is 0.400. The van der Waals surface area contributed by atoms with Gasteiger partial charge in [-0.3, -0.25) is 0 Å². The van der Waals surface area contributed by atoms with Gasteiger partial charge >= 0.3 is 0 Å². The van der Waals surface area contributed by atoms with Crippen molar-refractivity contribution in [2.24, 2.45) is 0 Å². The lowest BCUT2D eigenvalue weighted by atomic mass is 9.90. The second kappa shape index (κ2) is 5.75. The summed E-state index contributed by atoms with van der Waals surface area (Å²) < 4.78 is 0.400. The second-order valence-electron chi connectivity index (χ2n) is 4.51. The molecule has 1 rings (SSSR count). The Labute approximate surface area is 108 Å². The first-order chi connectivity index (χ1) is 7.41. The third-order valence-electron chi connectivity index (χ3n) is 2.90. The molecular formula is C14H18Cl2. The molecule has 0 aliphatic rings. The summed E-state index contributed by atoms with van der Waals surface area (Å²) in [6, 6.07) is 6.56. The Kier molecular flexibility index (Phi) is 4.89. The summed E-state index contributed by atoms with van der Waals surface area (Å²) in [4.78, 5) is 0. The molecular weight excluding hydrogens is 239 g/mol. The van der Waals surface area contributed by atoms with Gasteiger partial charge in [-0.2, -0.15) is 0 Å². The van der Waals surface area contributed by atoms with E-state index in [0.717, 1.165) is 12.0 Å². The molecule has 0 spiro atoms. The molecule has 0 nitrogen and oxygen atoms in total. The number of hydrogen-bond acceptors (Lipinski definition) is 0. The van der Waals surface area contributed by atoms with Crippen LogP contribution in [0.2, 0.25) is 0 Å². The molecule has 1 aromatic carbocycles. The maximum Gasteiger partial charge on any atom is 0.105 e. The number of benzene rings is 1. The van der Waals surface area contributed by atoms with E-state index in [1.165, 1.54) is 16.7 Å². The Bertz CT molecular complexity index is 401. The first kappa shape index (κ1) is 13.6. The van der Waals surface area contributed by atoms with Gasteiger partial charge in [0.25, 0.3) is 0 Å². The number of halogens is 2. The SMILES string of the molecule is CC(CC(C)c1cc(C)ccc1C)=C(Cl)Cl. The third kappa shape index (κ3) is 3.54. The zero-order valence-corrected chi connectivity index (χ0v) is 11.8. The van der Waals surface area contributed by atoms with Gasteiger partial charge in [0.2, 0.25) is 0 Å². The van der Waals surface area contributed by atoms with E-state index in [0.29, 0.717) is 10.4 Å². The van der Waals surface area contributed by atoms with E-state index < -0.39 is 0 Å². The van der Waals surface area contributed by atoms with Crippen LogP contribution in [0.15, 0.2) is 28.3 Å². The molecule has 0 saturated heterocycles. The fraction of sp³-hybridized carbons (Fsp3) is 0.429. The van der Waals surface area contributed by atoms with Gasteiger partial charge in [-0.15, -0.1) is 0 Å². The Morgan fingerprint density at radius 2 is 1.88 bits per heavy atom. The van der Waals surface area contributed by atoms with Crippen LogP contribution in [-0.4, -0.2) is 0 Å². The van der Waals surface area contributed by atoms with E-state index in [-0.39, 0.29) is 0 Å². The van der Waals surface area contributed by atoms with E-state index in [1.54, 1.807) is 0 Å². The molecule has 0 radical (unpaired) electrons. The van der Waals surface area contributed by atoms with Crippen LogP contribution < -0.4 is 0 Å². The number of rotatable bonds is 3. The Morgan fingerprint density at radius 3 is 2.44 bits per heavy atom. The van der Waals surface area contributed by atoms with Crippen LogP contribution in [0.3, 0.4) is 0 Å². The highest BCUT2D eigenvalue weighted by Crippen LogP contribution is 2.29. The maximum atomic E-state index is 5.78. The zero-order valence-electron chi connectivity index (χ0n) is 10.3. The van der Waals surface area contributed by atoms with Crippen molar-refractivity contribution in [2.75, 3.05) is 0 Å². The first-order valence-corrected chi connectivity index (χ1v) is 6.25. The van der Waals surface area contributed by atoms with Gasteiger partial charge in [0.05, 0.1) is 0 Å². The number of aryl methyl sites for hydroxylation is 2. The first-order valence-electron chi connectivity index (χ1n) is 5.49. The molecule has 0 aliphatic carbocycles. The molecule has 0 aliphatic heterocycles. The zero-order chi connectivity index (χ0) is 12.3. The molecule has 0 bridgehead atoms. The van der Waals surface area contributed by atoms with Gasteiger partial charge in [0.1, 0.15) is 4.49 Å². The summed E-state index contributed by atoms with van der Waals surface area (Å²) in [5.41, 5.74) is 5.06. The normalized spacial score (nSPS) is 12.4. The molecule has 0 saturated carbocycles. The minimum Gasteiger partial charge on any atom is -0.0710 e. The highest BCUT2D eigenvalue weighted by Gasteiger charge is 2.10. The fourth-order valence-corrected chi connectivity index (χ4v) is 2.09. The highest BCUT2D eigenvalue weighted by molar-refractivity contribution is 6.56. The summed E-state index contributed by atoms with van der Waals surface area (Å²) >= 11 is 11.6. The molecule has 0 fully saturated rings. The van der Waals surface area contributed by atoms with E-state index in [2.05, 4.69) is 39.0 Å². The molecule has 88 valence electrons. The van der Waals surface area contributed by atoms with Crippen molar-refractivity contribution < 1.29 is 0 Å². The summed E-state index contributed by atoms with van der Waals surface area (Å²) in [6.07, 6.45) is 0.909. The van der Waals surface area contributed by atoms with Gasteiger partial charge in [-0.25, -0.2) is 0 Å². The van der Waals surface area contributed by atoms with Crippen molar-refractivity contribution in [3.63, 3.8) is 0 Å². The van der Waals surface area contributed by atoms with Gasteiger partial charge in [-0.05, 0) is 49.8 Å². The van der Waals surface area contributed by atoms with Crippen molar-refractivity contribution in [1.82, 2.24) is 0 Å². The van der Waals surface area contributed by atoms with Gasteiger partial charge in [0.15, 0.2) is 0 Å². The van der Waals surface area contributed by atoms with Crippen LogP contribution >= 0.6 is 23.2 Å². The Balaban J connectivity index is 2.92. The minimum atomic E-state index is 0.400. The largest absolute Gasteiger partial charge is 0.105 e. The van der Waals surface area contributed by atoms with Gasteiger partial charge in [0, 0.05) is 0 Å². The predicted octanol–water partition coefficient (Wildman–Crippen LogP) is 5.51. The van der Waals surface area contributed by atoms with E-state index >= 15 is 0 Å².